The van der Waals surface area contributed by atoms with Crippen LogP contribution >= 0.6 is 0 Å². The number of carbonyl (C=O) groups excluding carboxylic acids is 1. The van der Waals surface area contributed by atoms with Gasteiger partial charge in [-0.05, 0) is 18.2 Å². The molecule has 108 valence electrons. The van der Waals surface area contributed by atoms with Crippen molar-refractivity contribution in [2.24, 2.45) is 0 Å². The van der Waals surface area contributed by atoms with Gasteiger partial charge in [-0.1, -0.05) is 6.07 Å². The summed E-state index contributed by atoms with van der Waals surface area (Å²) in [5, 5.41) is 16.4. The fourth-order valence-electron chi connectivity index (χ4n) is 1.68. The van der Waals surface area contributed by atoms with Crippen LogP contribution < -0.4 is 16.4 Å². The van der Waals surface area contributed by atoms with Gasteiger partial charge in [0.2, 0.25) is 17.5 Å². The Kier molecular flexibility index (Phi) is 3.93. The third-order valence-corrected chi connectivity index (χ3v) is 2.48. The van der Waals surface area contributed by atoms with E-state index in [1.807, 2.05) is 0 Å². The fraction of sp³-hybridized carbons (Fsp3) is 0.0833. The summed E-state index contributed by atoms with van der Waals surface area (Å²) in [5.41, 5.74) is 6.15. The molecule has 0 spiro atoms. The fourth-order valence-corrected chi connectivity index (χ4v) is 1.68. The number of amides is 1. The number of nitrogens with one attached hydrogen (secondary N) is 2. The van der Waals surface area contributed by atoms with Crippen LogP contribution in [0.15, 0.2) is 30.6 Å². The Morgan fingerprint density at radius 3 is 2.71 bits per heavy atom. The molecule has 4 N–H and O–H groups in total. The average molecular weight is 288 g/mol. The first-order valence-electron chi connectivity index (χ1n) is 5.87. The number of nitrogens with zero attached hydrogens (tertiary/aromatic N) is 3. The van der Waals surface area contributed by atoms with E-state index in [9.17, 15) is 14.9 Å². The number of carbonyl (C=O) groups is 1. The number of anilines is 4. The van der Waals surface area contributed by atoms with Crippen LogP contribution in [0.1, 0.15) is 6.92 Å². The first kappa shape index (κ1) is 14.2. The quantitative estimate of drug-likeness (QED) is 0.574. The largest absolute Gasteiger partial charge is 0.378 e. The van der Waals surface area contributed by atoms with Gasteiger partial charge in [0.15, 0.2) is 0 Å². The van der Waals surface area contributed by atoms with Crippen molar-refractivity contribution in [3.05, 3.63) is 40.7 Å². The van der Waals surface area contributed by atoms with Crippen molar-refractivity contribution in [2.75, 3.05) is 16.4 Å². The summed E-state index contributed by atoms with van der Waals surface area (Å²) >= 11 is 0. The van der Waals surface area contributed by atoms with Crippen molar-refractivity contribution < 1.29 is 9.72 Å². The number of hydrogen-bond acceptors (Lipinski definition) is 7. The lowest BCUT2D eigenvalue weighted by Gasteiger charge is -2.08. The third-order valence-electron chi connectivity index (χ3n) is 2.48. The zero-order chi connectivity index (χ0) is 15.4. The SMILES string of the molecule is CC(=O)Nc1cccc(Nc2ncnc(N)c2[N+](=O)[O-])c1. The molecular weight excluding hydrogens is 276 g/mol. The third kappa shape index (κ3) is 3.41. The standard InChI is InChI=1S/C12H12N6O3/c1-7(19)16-8-3-2-4-9(5-8)17-12-10(18(20)21)11(13)14-6-15-12/h2-6H,1H3,(H,16,19)(H3,13,14,15,17). The van der Waals surface area contributed by atoms with Crippen LogP contribution in [0.2, 0.25) is 0 Å². The highest BCUT2D eigenvalue weighted by Crippen LogP contribution is 2.29. The minimum atomic E-state index is -0.657. The van der Waals surface area contributed by atoms with Gasteiger partial charge in [-0.15, -0.1) is 0 Å². The summed E-state index contributed by atoms with van der Waals surface area (Å²) in [6.07, 6.45) is 1.13. The molecule has 0 aliphatic heterocycles. The van der Waals surface area contributed by atoms with Crippen molar-refractivity contribution in [1.82, 2.24) is 9.97 Å². The van der Waals surface area contributed by atoms with Gasteiger partial charge in [-0.25, -0.2) is 9.97 Å². The molecule has 0 unspecified atom stereocenters. The van der Waals surface area contributed by atoms with Gasteiger partial charge in [0.05, 0.1) is 4.92 Å². The van der Waals surface area contributed by atoms with Crippen molar-refractivity contribution in [3.8, 4) is 0 Å². The molecule has 0 aliphatic carbocycles. The number of nitro groups is 1. The highest BCUT2D eigenvalue weighted by molar-refractivity contribution is 5.89. The predicted octanol–water partition coefficient (Wildman–Crippen LogP) is 1.67. The number of nitrogens with two attached hydrogens (primary N) is 1. The van der Waals surface area contributed by atoms with Crippen LogP contribution in [0.3, 0.4) is 0 Å². The van der Waals surface area contributed by atoms with Gasteiger partial charge in [-0.2, -0.15) is 0 Å². The number of aromatic nitrogens is 2. The van der Waals surface area contributed by atoms with E-state index in [1.165, 1.54) is 6.92 Å². The molecule has 1 aromatic heterocycles. The minimum Gasteiger partial charge on any atom is -0.378 e. The molecule has 0 radical (unpaired) electrons. The maximum absolute atomic E-state index is 11.0. The molecule has 0 fully saturated rings. The number of nitrogen functional groups attached to an aromatic ring is 1. The molecule has 0 saturated heterocycles. The van der Waals surface area contributed by atoms with Gasteiger partial charge in [0.1, 0.15) is 6.33 Å². The van der Waals surface area contributed by atoms with Crippen LogP contribution in [0.25, 0.3) is 0 Å². The lowest BCUT2D eigenvalue weighted by atomic mass is 10.2. The lowest BCUT2D eigenvalue weighted by Crippen LogP contribution is -2.07. The summed E-state index contributed by atoms with van der Waals surface area (Å²) in [6.45, 7) is 1.38. The molecule has 0 aliphatic rings. The first-order chi connectivity index (χ1) is 9.97. The maximum atomic E-state index is 11.0. The topological polar surface area (TPSA) is 136 Å². The molecule has 0 saturated carbocycles. The summed E-state index contributed by atoms with van der Waals surface area (Å²) in [4.78, 5) is 28.8. The Balaban J connectivity index is 2.32. The second-order valence-electron chi connectivity index (χ2n) is 4.10. The van der Waals surface area contributed by atoms with E-state index >= 15 is 0 Å². The Bertz CT molecular complexity index is 703. The van der Waals surface area contributed by atoms with Crippen LogP contribution in [-0.2, 0) is 4.79 Å². The van der Waals surface area contributed by atoms with Gasteiger partial charge in [0, 0.05) is 18.3 Å². The first-order valence-corrected chi connectivity index (χ1v) is 5.87. The van der Waals surface area contributed by atoms with E-state index in [2.05, 4.69) is 20.6 Å². The van der Waals surface area contributed by atoms with E-state index in [-0.39, 0.29) is 17.5 Å². The van der Waals surface area contributed by atoms with Crippen LogP contribution in [0.5, 0.6) is 0 Å². The molecule has 9 heteroatoms. The molecule has 0 atom stereocenters. The van der Waals surface area contributed by atoms with Gasteiger partial charge in [0.25, 0.3) is 0 Å². The maximum Gasteiger partial charge on any atom is 0.353 e. The zero-order valence-corrected chi connectivity index (χ0v) is 11.0. The van der Waals surface area contributed by atoms with Crippen LogP contribution in [-0.4, -0.2) is 20.8 Å². The van der Waals surface area contributed by atoms with E-state index in [0.29, 0.717) is 11.4 Å². The number of benzene rings is 1. The van der Waals surface area contributed by atoms with Gasteiger partial charge in [-0.3, -0.25) is 14.9 Å². The zero-order valence-electron chi connectivity index (χ0n) is 11.0. The summed E-state index contributed by atoms with van der Waals surface area (Å²) in [6, 6.07) is 6.66. The Morgan fingerprint density at radius 1 is 1.33 bits per heavy atom. The highest BCUT2D eigenvalue weighted by Gasteiger charge is 2.20. The average Bonchev–Trinajstić information content (AvgIpc) is 2.37. The van der Waals surface area contributed by atoms with Gasteiger partial charge >= 0.3 is 5.69 Å². The molecule has 1 heterocycles. The van der Waals surface area contributed by atoms with Gasteiger partial charge < -0.3 is 16.4 Å². The normalized spacial score (nSPS) is 9.95. The van der Waals surface area contributed by atoms with E-state index in [1.54, 1.807) is 24.3 Å². The predicted molar refractivity (Wildman–Crippen MR) is 77.1 cm³/mol. The Morgan fingerprint density at radius 2 is 2.05 bits per heavy atom. The highest BCUT2D eigenvalue weighted by atomic mass is 16.6. The van der Waals surface area contributed by atoms with E-state index in [0.717, 1.165) is 6.33 Å². The molecule has 1 aromatic carbocycles. The van der Waals surface area contributed by atoms with Crippen LogP contribution in [0, 0.1) is 10.1 Å². The molecule has 9 nitrogen and oxygen atoms in total. The minimum absolute atomic E-state index is 0.0209. The van der Waals surface area contributed by atoms with Crippen molar-refractivity contribution in [2.45, 2.75) is 6.92 Å². The Labute approximate surface area is 119 Å². The molecule has 2 rings (SSSR count). The lowest BCUT2D eigenvalue weighted by molar-refractivity contribution is -0.383. The smallest absolute Gasteiger partial charge is 0.353 e. The summed E-state index contributed by atoms with van der Waals surface area (Å²) in [5.74, 6) is -0.465. The molecule has 2 aromatic rings. The monoisotopic (exact) mass is 288 g/mol. The number of rotatable bonds is 4. The molecule has 21 heavy (non-hydrogen) atoms. The molecule has 0 bridgehead atoms. The van der Waals surface area contributed by atoms with Crippen molar-refractivity contribution >= 4 is 34.6 Å². The summed E-state index contributed by atoms with van der Waals surface area (Å²) in [7, 11) is 0. The molecule has 1 amide bonds. The van der Waals surface area contributed by atoms with Crippen molar-refractivity contribution in [1.29, 1.82) is 0 Å². The second kappa shape index (κ2) is 5.82. The Hall–Kier alpha value is -3.23. The van der Waals surface area contributed by atoms with Crippen LogP contribution in [0.4, 0.5) is 28.7 Å². The second-order valence-corrected chi connectivity index (χ2v) is 4.10. The van der Waals surface area contributed by atoms with E-state index < -0.39 is 10.6 Å². The molecular formula is C12H12N6O3. The number of hydrogen-bond donors (Lipinski definition) is 3. The summed E-state index contributed by atoms with van der Waals surface area (Å²) < 4.78 is 0. The van der Waals surface area contributed by atoms with E-state index in [4.69, 9.17) is 5.73 Å². The van der Waals surface area contributed by atoms with Crippen molar-refractivity contribution in [3.63, 3.8) is 0 Å².